The van der Waals surface area contributed by atoms with Crippen LogP contribution in [-0.2, 0) is 14.3 Å². The monoisotopic (exact) mass is 295 g/mol. The Morgan fingerprint density at radius 3 is 2.90 bits per heavy atom. The molecule has 2 fully saturated rings. The standard InChI is InChI=1S/C15H21NO5/c1-14-10(7-8-21-14)12(18)16-15(14,13(19)20)11(17)9-5-3-2-4-6-9/h3,5,9-11,17H,2,4,6-8H2,1H3,(H,16,18)(H,19,20)/t9-,10+,11+,14+,15+/m1/s1. The Kier molecular flexibility index (Phi) is 3.33. The van der Waals surface area contributed by atoms with Crippen LogP contribution in [0.25, 0.3) is 0 Å². The van der Waals surface area contributed by atoms with Crippen molar-refractivity contribution >= 4 is 11.9 Å². The summed E-state index contributed by atoms with van der Waals surface area (Å²) in [5.41, 5.74) is -2.99. The number of fused-ring (bicyclic) bond motifs is 1. The van der Waals surface area contributed by atoms with Crippen molar-refractivity contribution in [1.82, 2.24) is 5.32 Å². The summed E-state index contributed by atoms with van der Waals surface area (Å²) in [4.78, 5) is 24.2. The highest BCUT2D eigenvalue weighted by molar-refractivity contribution is 5.96. The fourth-order valence-corrected chi connectivity index (χ4v) is 4.12. The molecular formula is C15H21NO5. The lowest BCUT2D eigenvalue weighted by atomic mass is 9.69. The van der Waals surface area contributed by atoms with Crippen LogP contribution in [0.1, 0.15) is 32.6 Å². The maximum absolute atomic E-state index is 12.2. The number of aliphatic hydroxyl groups is 1. The highest BCUT2D eigenvalue weighted by Gasteiger charge is 2.72. The fraction of sp³-hybridized carbons (Fsp3) is 0.733. The Hall–Kier alpha value is -1.40. The van der Waals surface area contributed by atoms with Crippen LogP contribution in [0, 0.1) is 11.8 Å². The molecule has 2 aliphatic heterocycles. The zero-order valence-electron chi connectivity index (χ0n) is 12.0. The largest absolute Gasteiger partial charge is 0.479 e. The predicted octanol–water partition coefficient (Wildman–Crippen LogP) is 0.452. The average Bonchev–Trinajstić information content (AvgIpc) is 2.96. The van der Waals surface area contributed by atoms with Gasteiger partial charge in [0.05, 0.1) is 12.0 Å². The molecule has 0 spiro atoms. The van der Waals surface area contributed by atoms with Gasteiger partial charge in [0.25, 0.3) is 0 Å². The molecule has 1 amide bonds. The molecule has 0 aromatic rings. The van der Waals surface area contributed by atoms with E-state index >= 15 is 0 Å². The second-order valence-electron chi connectivity index (χ2n) is 6.37. The van der Waals surface area contributed by atoms with Gasteiger partial charge in [0.15, 0.2) is 5.54 Å². The highest BCUT2D eigenvalue weighted by atomic mass is 16.5. The van der Waals surface area contributed by atoms with Crippen molar-refractivity contribution in [1.29, 1.82) is 0 Å². The molecule has 3 rings (SSSR count). The number of allylic oxidation sites excluding steroid dienone is 1. The number of carbonyl (C=O) groups excluding carboxylic acids is 1. The summed E-state index contributed by atoms with van der Waals surface area (Å²) in [6, 6.07) is 0. The van der Waals surface area contributed by atoms with Crippen LogP contribution >= 0.6 is 0 Å². The molecule has 0 aromatic heterocycles. The third-order valence-electron chi connectivity index (χ3n) is 5.37. The lowest BCUT2D eigenvalue weighted by Crippen LogP contribution is -2.70. The smallest absolute Gasteiger partial charge is 0.335 e. The van der Waals surface area contributed by atoms with E-state index in [9.17, 15) is 19.8 Å². The topological polar surface area (TPSA) is 95.9 Å². The van der Waals surface area contributed by atoms with Crippen LogP contribution in [-0.4, -0.2) is 45.9 Å². The molecule has 0 saturated carbocycles. The van der Waals surface area contributed by atoms with Crippen LogP contribution in [0.4, 0.5) is 0 Å². The van der Waals surface area contributed by atoms with E-state index in [-0.39, 0.29) is 11.8 Å². The Morgan fingerprint density at radius 2 is 2.29 bits per heavy atom. The molecule has 2 saturated heterocycles. The summed E-state index contributed by atoms with van der Waals surface area (Å²) >= 11 is 0. The van der Waals surface area contributed by atoms with E-state index in [1.54, 1.807) is 6.92 Å². The number of hydrogen-bond donors (Lipinski definition) is 3. The van der Waals surface area contributed by atoms with Gasteiger partial charge >= 0.3 is 5.97 Å². The molecule has 5 atom stereocenters. The van der Waals surface area contributed by atoms with E-state index in [0.29, 0.717) is 19.4 Å². The molecular weight excluding hydrogens is 274 g/mol. The molecule has 0 unspecified atom stereocenters. The number of rotatable bonds is 3. The average molecular weight is 295 g/mol. The number of amides is 1. The summed E-state index contributed by atoms with van der Waals surface area (Å²) in [7, 11) is 0. The molecule has 21 heavy (non-hydrogen) atoms. The van der Waals surface area contributed by atoms with Crippen molar-refractivity contribution in [2.24, 2.45) is 11.8 Å². The number of ether oxygens (including phenoxy) is 1. The van der Waals surface area contributed by atoms with Crippen molar-refractivity contribution in [3.05, 3.63) is 12.2 Å². The van der Waals surface area contributed by atoms with Gasteiger partial charge in [-0.2, -0.15) is 0 Å². The van der Waals surface area contributed by atoms with Gasteiger partial charge in [0.2, 0.25) is 5.91 Å². The minimum Gasteiger partial charge on any atom is -0.479 e. The molecule has 6 nitrogen and oxygen atoms in total. The molecule has 6 heteroatoms. The zero-order chi connectivity index (χ0) is 15.3. The Morgan fingerprint density at radius 1 is 1.52 bits per heavy atom. The number of hydrogen-bond acceptors (Lipinski definition) is 4. The van der Waals surface area contributed by atoms with Crippen LogP contribution in [0.15, 0.2) is 12.2 Å². The number of nitrogens with one attached hydrogen (secondary N) is 1. The normalized spacial score (nSPS) is 43.4. The third-order valence-corrected chi connectivity index (χ3v) is 5.37. The first-order chi connectivity index (χ1) is 9.93. The Labute approximate surface area is 123 Å². The quantitative estimate of drug-likeness (QED) is 0.657. The van der Waals surface area contributed by atoms with Crippen LogP contribution in [0.2, 0.25) is 0 Å². The summed E-state index contributed by atoms with van der Waals surface area (Å²) in [6.07, 6.45) is 5.65. The first kappa shape index (κ1) is 14.5. The number of aliphatic carboxylic acids is 1. The lowest BCUT2D eigenvalue weighted by molar-refractivity contribution is -0.171. The minimum absolute atomic E-state index is 0.282. The van der Waals surface area contributed by atoms with Crippen LogP contribution in [0.5, 0.6) is 0 Å². The van der Waals surface area contributed by atoms with Crippen molar-refractivity contribution in [3.8, 4) is 0 Å². The second-order valence-corrected chi connectivity index (χ2v) is 6.37. The molecule has 1 aliphatic carbocycles. The fourth-order valence-electron chi connectivity index (χ4n) is 4.12. The summed E-state index contributed by atoms with van der Waals surface area (Å²) < 4.78 is 5.68. The highest BCUT2D eigenvalue weighted by Crippen LogP contribution is 2.49. The summed E-state index contributed by atoms with van der Waals surface area (Å²) in [5, 5.41) is 23.2. The van der Waals surface area contributed by atoms with Gasteiger partial charge < -0.3 is 20.3 Å². The predicted molar refractivity (Wildman–Crippen MR) is 73.5 cm³/mol. The van der Waals surface area contributed by atoms with Gasteiger partial charge in [-0.1, -0.05) is 12.2 Å². The van der Waals surface area contributed by atoms with E-state index < -0.39 is 29.1 Å². The molecule has 2 heterocycles. The van der Waals surface area contributed by atoms with Gasteiger partial charge in [-0.3, -0.25) is 4.79 Å². The first-order valence-corrected chi connectivity index (χ1v) is 7.47. The maximum Gasteiger partial charge on any atom is 0.335 e. The van der Waals surface area contributed by atoms with Crippen LogP contribution in [0.3, 0.4) is 0 Å². The molecule has 116 valence electrons. The molecule has 3 N–H and O–H groups in total. The third kappa shape index (κ3) is 1.78. The van der Waals surface area contributed by atoms with E-state index in [4.69, 9.17) is 4.74 Å². The SMILES string of the molecule is C[C@]12OCC[C@H]1C(=O)N[C@]2(C(=O)O)[C@@H](O)[C@@H]1C=CCCC1. The van der Waals surface area contributed by atoms with Crippen molar-refractivity contribution in [2.45, 2.75) is 49.9 Å². The van der Waals surface area contributed by atoms with Crippen molar-refractivity contribution in [2.75, 3.05) is 6.61 Å². The zero-order valence-corrected chi connectivity index (χ0v) is 12.0. The summed E-state index contributed by atoms with van der Waals surface area (Å²) in [6.45, 7) is 1.98. The van der Waals surface area contributed by atoms with Gasteiger partial charge in [0.1, 0.15) is 5.60 Å². The second kappa shape index (κ2) is 4.81. The maximum atomic E-state index is 12.2. The molecule has 0 bridgehead atoms. The van der Waals surface area contributed by atoms with E-state index in [2.05, 4.69) is 5.32 Å². The van der Waals surface area contributed by atoms with E-state index in [0.717, 1.165) is 12.8 Å². The molecule has 0 aromatic carbocycles. The number of carboxylic acids is 1. The molecule has 3 aliphatic rings. The van der Waals surface area contributed by atoms with Gasteiger partial charge in [0, 0.05) is 12.5 Å². The number of aliphatic hydroxyl groups excluding tert-OH is 1. The van der Waals surface area contributed by atoms with Gasteiger partial charge in [-0.05, 0) is 32.6 Å². The molecule has 0 radical (unpaired) electrons. The lowest BCUT2D eigenvalue weighted by Gasteiger charge is -2.43. The Bertz CT molecular complexity index is 504. The van der Waals surface area contributed by atoms with Crippen molar-refractivity contribution < 1.29 is 24.5 Å². The number of carboxylic acid groups (broad SMARTS) is 1. The van der Waals surface area contributed by atoms with Gasteiger partial charge in [-0.15, -0.1) is 0 Å². The van der Waals surface area contributed by atoms with Gasteiger partial charge in [-0.25, -0.2) is 4.79 Å². The minimum atomic E-state index is -1.78. The number of carbonyl (C=O) groups is 2. The van der Waals surface area contributed by atoms with Crippen LogP contribution < -0.4 is 5.32 Å². The van der Waals surface area contributed by atoms with E-state index in [1.807, 2.05) is 12.2 Å². The van der Waals surface area contributed by atoms with Crippen molar-refractivity contribution in [3.63, 3.8) is 0 Å². The summed E-state index contributed by atoms with van der Waals surface area (Å²) in [5.74, 6) is -2.36. The van der Waals surface area contributed by atoms with E-state index in [1.165, 1.54) is 0 Å². The first-order valence-electron chi connectivity index (χ1n) is 7.47. The Balaban J connectivity index is 2.04.